The van der Waals surface area contributed by atoms with Crippen LogP contribution in [-0.4, -0.2) is 35.5 Å². The van der Waals surface area contributed by atoms with E-state index in [1.807, 2.05) is 0 Å². The van der Waals surface area contributed by atoms with Crippen molar-refractivity contribution in [3.05, 3.63) is 0 Å². The van der Waals surface area contributed by atoms with Crippen molar-refractivity contribution in [3.8, 4) is 0 Å². The van der Waals surface area contributed by atoms with Crippen molar-refractivity contribution in [1.82, 2.24) is 4.90 Å². The number of amidine groups is 1. The van der Waals surface area contributed by atoms with Crippen molar-refractivity contribution < 1.29 is 13.2 Å². The van der Waals surface area contributed by atoms with Crippen molar-refractivity contribution in [2.75, 3.05) is 6.54 Å². The van der Waals surface area contributed by atoms with Crippen molar-refractivity contribution in [1.29, 1.82) is 5.41 Å². The SMILES string of the molecule is CC(C(=N)N)N(CC(F)(F)F)C1CC1. The minimum Gasteiger partial charge on any atom is -0.386 e. The highest BCUT2D eigenvalue weighted by molar-refractivity contribution is 5.82. The second-order valence-corrected chi connectivity index (χ2v) is 3.65. The second kappa shape index (κ2) is 3.76. The molecule has 0 heterocycles. The Kier molecular flexibility index (Phi) is 3.04. The molecule has 3 N–H and O–H groups in total. The van der Waals surface area contributed by atoms with E-state index >= 15 is 0 Å². The Morgan fingerprint density at radius 1 is 1.57 bits per heavy atom. The summed E-state index contributed by atoms with van der Waals surface area (Å²) >= 11 is 0. The molecule has 0 aromatic heterocycles. The summed E-state index contributed by atoms with van der Waals surface area (Å²) in [6, 6.07) is -0.667. The lowest BCUT2D eigenvalue weighted by Gasteiger charge is -2.28. The van der Waals surface area contributed by atoms with E-state index in [4.69, 9.17) is 11.1 Å². The summed E-state index contributed by atoms with van der Waals surface area (Å²) in [6.07, 6.45) is -2.67. The number of nitrogens with zero attached hydrogens (tertiary/aromatic N) is 1. The molecule has 0 saturated heterocycles. The maximum atomic E-state index is 12.2. The van der Waals surface area contributed by atoms with E-state index in [2.05, 4.69) is 0 Å². The topological polar surface area (TPSA) is 53.1 Å². The number of nitrogens with two attached hydrogens (primary N) is 1. The lowest BCUT2D eigenvalue weighted by molar-refractivity contribution is -0.149. The summed E-state index contributed by atoms with van der Waals surface area (Å²) in [6.45, 7) is 0.560. The molecule has 0 radical (unpaired) electrons. The molecule has 1 aliphatic carbocycles. The lowest BCUT2D eigenvalue weighted by Crippen LogP contribution is -2.47. The zero-order valence-corrected chi connectivity index (χ0v) is 7.93. The van der Waals surface area contributed by atoms with Gasteiger partial charge in [0.2, 0.25) is 0 Å². The zero-order valence-electron chi connectivity index (χ0n) is 7.93. The average Bonchev–Trinajstić information content (AvgIpc) is 2.79. The van der Waals surface area contributed by atoms with E-state index in [1.165, 1.54) is 11.8 Å². The van der Waals surface area contributed by atoms with Crippen LogP contribution in [0.15, 0.2) is 0 Å². The zero-order chi connectivity index (χ0) is 10.9. The van der Waals surface area contributed by atoms with Gasteiger partial charge in [-0.05, 0) is 19.8 Å². The Bertz CT molecular complexity index is 222. The molecule has 14 heavy (non-hydrogen) atoms. The number of hydrogen-bond acceptors (Lipinski definition) is 2. The standard InChI is InChI=1S/C8H14F3N3/c1-5(7(12)13)14(6-2-3-6)4-8(9,10)11/h5-6H,2-4H2,1H3,(H3,12,13). The van der Waals surface area contributed by atoms with Gasteiger partial charge in [0.1, 0.15) is 5.84 Å². The summed E-state index contributed by atoms with van der Waals surface area (Å²) in [5.74, 6) is -0.207. The van der Waals surface area contributed by atoms with Crippen molar-refractivity contribution >= 4 is 5.84 Å². The molecule has 1 saturated carbocycles. The molecule has 6 heteroatoms. The van der Waals surface area contributed by atoms with E-state index in [0.29, 0.717) is 0 Å². The van der Waals surface area contributed by atoms with Crippen LogP contribution in [0, 0.1) is 5.41 Å². The highest BCUT2D eigenvalue weighted by Gasteiger charge is 2.40. The van der Waals surface area contributed by atoms with Crippen LogP contribution >= 0.6 is 0 Å². The van der Waals surface area contributed by atoms with Gasteiger partial charge in [0.15, 0.2) is 0 Å². The van der Waals surface area contributed by atoms with Crippen LogP contribution in [0.3, 0.4) is 0 Å². The van der Waals surface area contributed by atoms with Crippen LogP contribution in [0.2, 0.25) is 0 Å². The van der Waals surface area contributed by atoms with E-state index in [9.17, 15) is 13.2 Å². The van der Waals surface area contributed by atoms with Gasteiger partial charge < -0.3 is 5.73 Å². The van der Waals surface area contributed by atoms with Gasteiger partial charge in [0.05, 0.1) is 12.6 Å². The Morgan fingerprint density at radius 3 is 2.36 bits per heavy atom. The average molecular weight is 209 g/mol. The summed E-state index contributed by atoms with van der Waals surface area (Å²) in [7, 11) is 0. The van der Waals surface area contributed by atoms with Crippen LogP contribution in [-0.2, 0) is 0 Å². The molecular formula is C8H14F3N3. The number of nitrogens with one attached hydrogen (secondary N) is 1. The summed E-state index contributed by atoms with van der Waals surface area (Å²) in [5.41, 5.74) is 5.20. The Labute approximate surface area is 80.6 Å². The lowest BCUT2D eigenvalue weighted by atomic mass is 10.2. The first kappa shape index (κ1) is 11.3. The van der Waals surface area contributed by atoms with Crippen molar-refractivity contribution in [3.63, 3.8) is 0 Å². The summed E-state index contributed by atoms with van der Waals surface area (Å²) < 4.78 is 36.5. The molecule has 82 valence electrons. The highest BCUT2D eigenvalue weighted by Crippen LogP contribution is 2.31. The second-order valence-electron chi connectivity index (χ2n) is 3.65. The Hall–Kier alpha value is -0.780. The van der Waals surface area contributed by atoms with Gasteiger partial charge in [-0.1, -0.05) is 0 Å². The predicted octanol–water partition coefficient (Wildman–Crippen LogP) is 1.34. The van der Waals surface area contributed by atoms with E-state index in [-0.39, 0.29) is 11.9 Å². The molecule has 1 aliphatic rings. The fourth-order valence-corrected chi connectivity index (χ4v) is 1.37. The third kappa shape index (κ3) is 3.17. The van der Waals surface area contributed by atoms with Gasteiger partial charge in [-0.15, -0.1) is 0 Å². The summed E-state index contributed by atoms with van der Waals surface area (Å²) in [5, 5.41) is 7.13. The van der Waals surface area contributed by atoms with Crippen LogP contribution in [0.5, 0.6) is 0 Å². The minimum atomic E-state index is -4.22. The molecule has 1 atom stereocenters. The molecule has 0 aromatic rings. The molecule has 1 fully saturated rings. The Balaban J connectivity index is 2.59. The van der Waals surface area contributed by atoms with Gasteiger partial charge in [-0.25, -0.2) is 0 Å². The first-order valence-corrected chi connectivity index (χ1v) is 4.47. The molecule has 1 rings (SSSR count). The Morgan fingerprint density at radius 2 is 2.07 bits per heavy atom. The first-order valence-electron chi connectivity index (χ1n) is 4.47. The molecule has 1 unspecified atom stereocenters. The van der Waals surface area contributed by atoms with Crippen LogP contribution < -0.4 is 5.73 Å². The van der Waals surface area contributed by atoms with E-state index < -0.39 is 18.8 Å². The molecule has 0 spiro atoms. The summed E-state index contributed by atoms with van der Waals surface area (Å²) in [4.78, 5) is 1.25. The fraction of sp³-hybridized carbons (Fsp3) is 0.875. The van der Waals surface area contributed by atoms with Gasteiger partial charge in [0, 0.05) is 6.04 Å². The fourth-order valence-electron chi connectivity index (χ4n) is 1.37. The van der Waals surface area contributed by atoms with Crippen LogP contribution in [0.4, 0.5) is 13.2 Å². The van der Waals surface area contributed by atoms with Gasteiger partial charge >= 0.3 is 6.18 Å². The molecule has 0 aromatic carbocycles. The largest absolute Gasteiger partial charge is 0.401 e. The smallest absolute Gasteiger partial charge is 0.386 e. The molecular weight excluding hydrogens is 195 g/mol. The maximum Gasteiger partial charge on any atom is 0.401 e. The third-order valence-corrected chi connectivity index (χ3v) is 2.33. The predicted molar refractivity (Wildman–Crippen MR) is 47.2 cm³/mol. The van der Waals surface area contributed by atoms with Gasteiger partial charge in [-0.3, -0.25) is 10.3 Å². The van der Waals surface area contributed by atoms with Crippen molar-refractivity contribution in [2.24, 2.45) is 5.73 Å². The molecule has 0 bridgehead atoms. The number of hydrogen-bond donors (Lipinski definition) is 2. The monoisotopic (exact) mass is 209 g/mol. The third-order valence-electron chi connectivity index (χ3n) is 2.33. The van der Waals surface area contributed by atoms with Crippen molar-refractivity contribution in [2.45, 2.75) is 38.0 Å². The van der Waals surface area contributed by atoms with E-state index in [1.54, 1.807) is 0 Å². The number of rotatable bonds is 4. The normalized spacial score (nSPS) is 19.8. The molecule has 0 amide bonds. The highest BCUT2D eigenvalue weighted by atomic mass is 19.4. The van der Waals surface area contributed by atoms with Crippen LogP contribution in [0.25, 0.3) is 0 Å². The van der Waals surface area contributed by atoms with E-state index in [0.717, 1.165) is 12.8 Å². The minimum absolute atomic E-state index is 0.0458. The maximum absolute atomic E-state index is 12.2. The molecule has 3 nitrogen and oxygen atoms in total. The number of alkyl halides is 3. The van der Waals surface area contributed by atoms with Crippen LogP contribution in [0.1, 0.15) is 19.8 Å². The van der Waals surface area contributed by atoms with Gasteiger partial charge in [-0.2, -0.15) is 13.2 Å². The number of halogens is 3. The first-order chi connectivity index (χ1) is 6.31. The molecule has 0 aliphatic heterocycles. The van der Waals surface area contributed by atoms with Gasteiger partial charge in [0.25, 0.3) is 0 Å². The quantitative estimate of drug-likeness (QED) is 0.542.